The predicted molar refractivity (Wildman–Crippen MR) is 121 cm³/mol. The predicted octanol–water partition coefficient (Wildman–Crippen LogP) is 4.67. The summed E-state index contributed by atoms with van der Waals surface area (Å²) in [6.07, 6.45) is 3.29. The maximum absolute atomic E-state index is 13.1. The largest absolute Gasteiger partial charge is 0.507 e. The molecule has 1 amide bonds. The molecule has 1 aliphatic heterocycles. The van der Waals surface area contributed by atoms with Crippen LogP contribution in [0.2, 0.25) is 5.02 Å². The Bertz CT molecular complexity index is 1210. The van der Waals surface area contributed by atoms with Crippen LogP contribution in [-0.4, -0.2) is 33.8 Å². The van der Waals surface area contributed by atoms with Gasteiger partial charge in [-0.1, -0.05) is 47.5 Å². The number of halogens is 1. The fourth-order valence-electron chi connectivity index (χ4n) is 3.80. The van der Waals surface area contributed by atoms with Crippen molar-refractivity contribution in [3.05, 3.63) is 99.8 Å². The molecule has 0 bridgehead atoms. The molecule has 0 saturated carbocycles. The van der Waals surface area contributed by atoms with E-state index in [9.17, 15) is 14.7 Å². The molecule has 7 heteroatoms. The molecule has 6 nitrogen and oxygen atoms in total. The molecule has 1 fully saturated rings. The van der Waals surface area contributed by atoms with Crippen LogP contribution in [0.4, 0.5) is 0 Å². The summed E-state index contributed by atoms with van der Waals surface area (Å²) < 4.78 is 5.16. The third-order valence-electron chi connectivity index (χ3n) is 5.43. The number of carbonyl (C=O) groups excluding carboxylic acids is 2. The molecule has 3 aromatic rings. The third kappa shape index (κ3) is 3.97. The number of carbonyl (C=O) groups is 2. The molecule has 4 rings (SSSR count). The Morgan fingerprint density at radius 2 is 1.91 bits per heavy atom. The number of Topliss-reactive ketones (excluding diaryl/α,β-unsaturated/α-hetero) is 1. The van der Waals surface area contributed by atoms with E-state index < -0.39 is 17.7 Å². The number of aliphatic hydroxyl groups excluding tert-OH is 1. The Balaban J connectivity index is 1.86. The molecule has 2 aromatic carbocycles. The van der Waals surface area contributed by atoms with E-state index in [0.29, 0.717) is 11.3 Å². The average Bonchev–Trinajstić information content (AvgIpc) is 3.04. The first-order valence-electron chi connectivity index (χ1n) is 9.98. The normalized spacial score (nSPS) is 17.6. The Labute approximate surface area is 190 Å². The fraction of sp³-hybridized carbons (Fsp3) is 0.160. The van der Waals surface area contributed by atoms with Crippen LogP contribution in [-0.2, 0) is 16.1 Å². The second-order valence-corrected chi connectivity index (χ2v) is 7.96. The number of rotatable bonds is 5. The molecular weight excluding hydrogens is 428 g/mol. The van der Waals surface area contributed by atoms with Crippen LogP contribution >= 0.6 is 11.6 Å². The Hall–Kier alpha value is -3.64. The molecule has 32 heavy (non-hydrogen) atoms. The minimum Gasteiger partial charge on any atom is -0.507 e. The first-order chi connectivity index (χ1) is 15.4. The summed E-state index contributed by atoms with van der Waals surface area (Å²) in [5, 5.41) is 11.4. The zero-order valence-electron chi connectivity index (χ0n) is 17.6. The van der Waals surface area contributed by atoms with Gasteiger partial charge in [-0.3, -0.25) is 14.6 Å². The second kappa shape index (κ2) is 8.85. The van der Waals surface area contributed by atoms with Crippen LogP contribution in [0.15, 0.2) is 72.6 Å². The van der Waals surface area contributed by atoms with Crippen molar-refractivity contribution in [1.82, 2.24) is 9.88 Å². The number of nitrogens with zero attached hydrogens (tertiary/aromatic N) is 2. The van der Waals surface area contributed by atoms with Crippen molar-refractivity contribution >= 4 is 29.1 Å². The van der Waals surface area contributed by atoms with E-state index in [1.807, 2.05) is 37.3 Å². The van der Waals surface area contributed by atoms with E-state index in [4.69, 9.17) is 16.3 Å². The number of hydrogen-bond donors (Lipinski definition) is 1. The fourth-order valence-corrected chi connectivity index (χ4v) is 4.05. The number of aliphatic hydroxyl groups is 1. The molecule has 0 spiro atoms. The van der Waals surface area contributed by atoms with Gasteiger partial charge in [-0.05, 0) is 42.3 Å². The molecule has 0 radical (unpaired) electrons. The topological polar surface area (TPSA) is 79.7 Å². The molecule has 1 N–H and O–H groups in total. The number of aromatic nitrogens is 1. The summed E-state index contributed by atoms with van der Waals surface area (Å²) in [7, 11) is 1.49. The average molecular weight is 449 g/mol. The quantitative estimate of drug-likeness (QED) is 0.348. The molecular formula is C25H21ClN2O4. The van der Waals surface area contributed by atoms with Gasteiger partial charge in [0, 0.05) is 24.5 Å². The molecule has 1 aliphatic rings. The highest BCUT2D eigenvalue weighted by molar-refractivity contribution is 6.46. The summed E-state index contributed by atoms with van der Waals surface area (Å²) in [5.41, 5.74) is 2.88. The third-order valence-corrected chi connectivity index (χ3v) is 5.73. The van der Waals surface area contributed by atoms with E-state index >= 15 is 0 Å². The van der Waals surface area contributed by atoms with Crippen molar-refractivity contribution < 1.29 is 19.4 Å². The lowest BCUT2D eigenvalue weighted by atomic mass is 9.94. The molecule has 1 aromatic heterocycles. The van der Waals surface area contributed by atoms with E-state index in [1.165, 1.54) is 18.1 Å². The van der Waals surface area contributed by atoms with Gasteiger partial charge in [0.15, 0.2) is 0 Å². The van der Waals surface area contributed by atoms with Gasteiger partial charge < -0.3 is 14.7 Å². The van der Waals surface area contributed by atoms with Crippen molar-refractivity contribution in [2.75, 3.05) is 7.11 Å². The molecule has 1 unspecified atom stereocenters. The Kier molecular flexibility index (Phi) is 5.97. The number of ether oxygens (including phenoxy) is 1. The summed E-state index contributed by atoms with van der Waals surface area (Å²) in [4.78, 5) is 31.7. The highest BCUT2D eigenvalue weighted by atomic mass is 35.5. The van der Waals surface area contributed by atoms with Crippen LogP contribution < -0.4 is 4.74 Å². The van der Waals surface area contributed by atoms with Crippen LogP contribution in [0.3, 0.4) is 0 Å². The number of amides is 1. The first kappa shape index (κ1) is 21.6. The van der Waals surface area contributed by atoms with Gasteiger partial charge in [0.25, 0.3) is 11.7 Å². The number of benzene rings is 2. The Morgan fingerprint density at radius 1 is 1.16 bits per heavy atom. The van der Waals surface area contributed by atoms with Gasteiger partial charge in [-0.2, -0.15) is 0 Å². The number of hydrogen-bond acceptors (Lipinski definition) is 5. The molecule has 0 aliphatic carbocycles. The maximum Gasteiger partial charge on any atom is 0.295 e. The number of pyridine rings is 1. The lowest BCUT2D eigenvalue weighted by molar-refractivity contribution is -0.140. The van der Waals surface area contributed by atoms with Gasteiger partial charge >= 0.3 is 0 Å². The van der Waals surface area contributed by atoms with Crippen molar-refractivity contribution in [1.29, 1.82) is 0 Å². The summed E-state index contributed by atoms with van der Waals surface area (Å²) >= 11 is 6.22. The van der Waals surface area contributed by atoms with Crippen LogP contribution in [0, 0.1) is 6.92 Å². The molecule has 1 atom stereocenters. The summed E-state index contributed by atoms with van der Waals surface area (Å²) in [6, 6.07) is 15.1. The monoisotopic (exact) mass is 448 g/mol. The smallest absolute Gasteiger partial charge is 0.295 e. The van der Waals surface area contributed by atoms with E-state index in [1.54, 1.807) is 30.6 Å². The van der Waals surface area contributed by atoms with Crippen LogP contribution in [0.1, 0.15) is 28.3 Å². The standard InChI is InChI=1S/C25H21ClN2O4/c1-15-5-7-17(8-6-15)22-21(23(29)18-9-10-20(32-2)19(26)12-18)24(30)25(31)28(22)14-16-4-3-11-27-13-16/h3-13,22,29H,14H2,1-2H3. The minimum atomic E-state index is -0.753. The number of likely N-dealkylation sites (tertiary alicyclic amines) is 1. The highest BCUT2D eigenvalue weighted by Gasteiger charge is 2.46. The first-order valence-corrected chi connectivity index (χ1v) is 10.4. The molecule has 1 saturated heterocycles. The maximum atomic E-state index is 13.1. The van der Waals surface area contributed by atoms with Crippen LogP contribution in [0.25, 0.3) is 5.76 Å². The molecule has 162 valence electrons. The van der Waals surface area contributed by atoms with Gasteiger partial charge in [0.1, 0.15) is 11.5 Å². The minimum absolute atomic E-state index is 0.0176. The van der Waals surface area contributed by atoms with Crippen molar-refractivity contribution in [3.8, 4) is 5.75 Å². The lowest BCUT2D eigenvalue weighted by Gasteiger charge is -2.25. The summed E-state index contributed by atoms with van der Waals surface area (Å²) in [5.74, 6) is -1.27. The lowest BCUT2D eigenvalue weighted by Crippen LogP contribution is -2.29. The van der Waals surface area contributed by atoms with E-state index in [0.717, 1.165) is 16.7 Å². The van der Waals surface area contributed by atoms with Crippen molar-refractivity contribution in [2.45, 2.75) is 19.5 Å². The van der Waals surface area contributed by atoms with Gasteiger partial charge in [-0.15, -0.1) is 0 Å². The SMILES string of the molecule is COc1ccc(C(O)=C2C(=O)C(=O)N(Cc3cccnc3)C2c2ccc(C)cc2)cc1Cl. The van der Waals surface area contributed by atoms with Crippen LogP contribution in [0.5, 0.6) is 5.75 Å². The zero-order valence-corrected chi connectivity index (χ0v) is 18.3. The van der Waals surface area contributed by atoms with Crippen molar-refractivity contribution in [3.63, 3.8) is 0 Å². The van der Waals surface area contributed by atoms with E-state index in [-0.39, 0.29) is 22.9 Å². The second-order valence-electron chi connectivity index (χ2n) is 7.55. The van der Waals surface area contributed by atoms with Crippen molar-refractivity contribution in [2.24, 2.45) is 0 Å². The van der Waals surface area contributed by atoms with Gasteiger partial charge in [-0.25, -0.2) is 0 Å². The number of ketones is 1. The summed E-state index contributed by atoms with van der Waals surface area (Å²) in [6.45, 7) is 2.13. The number of aryl methyl sites for hydroxylation is 1. The van der Waals surface area contributed by atoms with Gasteiger partial charge in [0.2, 0.25) is 0 Å². The zero-order chi connectivity index (χ0) is 22.8. The number of methoxy groups -OCH3 is 1. The van der Waals surface area contributed by atoms with E-state index in [2.05, 4.69) is 4.98 Å². The van der Waals surface area contributed by atoms with Gasteiger partial charge in [0.05, 0.1) is 23.7 Å². The Morgan fingerprint density at radius 3 is 2.53 bits per heavy atom. The molecule has 2 heterocycles. The highest BCUT2D eigenvalue weighted by Crippen LogP contribution is 2.41.